The summed E-state index contributed by atoms with van der Waals surface area (Å²) >= 11 is 0. The van der Waals surface area contributed by atoms with Gasteiger partial charge in [0.05, 0.1) is 19.1 Å². The maximum atomic E-state index is 12.5. The topological polar surface area (TPSA) is 76.1 Å². The van der Waals surface area contributed by atoms with Crippen molar-refractivity contribution in [3.05, 3.63) is 29.8 Å². The number of morpholine rings is 1. The fraction of sp³-hybridized carbons (Fsp3) is 0.467. The Morgan fingerprint density at radius 1 is 1.29 bits per heavy atom. The molecular formula is C15H17NO5. The molecule has 112 valence electrons. The number of fused-ring (bicyclic) bond motifs is 1. The van der Waals surface area contributed by atoms with E-state index in [1.54, 1.807) is 4.90 Å². The van der Waals surface area contributed by atoms with E-state index in [0.29, 0.717) is 19.6 Å². The molecule has 2 aliphatic heterocycles. The Kier molecular flexibility index (Phi) is 3.79. The Labute approximate surface area is 122 Å². The van der Waals surface area contributed by atoms with Gasteiger partial charge < -0.3 is 19.5 Å². The first-order valence-electron chi connectivity index (χ1n) is 6.99. The number of carboxylic acids is 1. The van der Waals surface area contributed by atoms with Gasteiger partial charge in [0.15, 0.2) is 6.10 Å². The van der Waals surface area contributed by atoms with E-state index in [9.17, 15) is 9.59 Å². The lowest BCUT2D eigenvalue weighted by atomic mass is 9.95. The van der Waals surface area contributed by atoms with Gasteiger partial charge in [-0.1, -0.05) is 18.2 Å². The lowest BCUT2D eigenvalue weighted by Gasteiger charge is -2.34. The van der Waals surface area contributed by atoms with Crippen molar-refractivity contribution >= 4 is 11.9 Å². The quantitative estimate of drug-likeness (QED) is 0.861. The molecule has 21 heavy (non-hydrogen) atoms. The van der Waals surface area contributed by atoms with Crippen LogP contribution in [0.3, 0.4) is 0 Å². The highest BCUT2D eigenvalue weighted by Crippen LogP contribution is 2.28. The van der Waals surface area contributed by atoms with Gasteiger partial charge in [-0.25, -0.2) is 4.79 Å². The fourth-order valence-corrected chi connectivity index (χ4v) is 2.74. The number of amides is 1. The number of benzene rings is 1. The van der Waals surface area contributed by atoms with Gasteiger partial charge in [0.2, 0.25) is 5.91 Å². The highest BCUT2D eigenvalue weighted by Gasteiger charge is 2.34. The van der Waals surface area contributed by atoms with Crippen molar-refractivity contribution in [1.82, 2.24) is 4.90 Å². The maximum Gasteiger partial charge on any atom is 0.334 e. The predicted octanol–water partition coefficient (Wildman–Crippen LogP) is 0.550. The highest BCUT2D eigenvalue weighted by atomic mass is 16.5. The molecule has 1 N–H and O–H groups in total. The van der Waals surface area contributed by atoms with E-state index in [2.05, 4.69) is 0 Å². The maximum absolute atomic E-state index is 12.5. The zero-order valence-corrected chi connectivity index (χ0v) is 11.5. The van der Waals surface area contributed by atoms with Crippen molar-refractivity contribution in [2.24, 2.45) is 5.92 Å². The molecule has 3 rings (SSSR count). The van der Waals surface area contributed by atoms with E-state index >= 15 is 0 Å². The summed E-state index contributed by atoms with van der Waals surface area (Å²) in [7, 11) is 0. The molecule has 0 radical (unpaired) electrons. The van der Waals surface area contributed by atoms with Crippen LogP contribution < -0.4 is 4.74 Å². The number of carboxylic acid groups (broad SMARTS) is 1. The standard InChI is InChI=1S/C15H17NO5/c17-14(16-5-6-20-13(8-16)15(18)19)11-7-10-3-1-2-4-12(10)21-9-11/h1-4,11,13H,5-9H2,(H,18,19). The molecule has 2 heterocycles. The van der Waals surface area contributed by atoms with Crippen molar-refractivity contribution in [3.63, 3.8) is 0 Å². The summed E-state index contributed by atoms with van der Waals surface area (Å²) in [4.78, 5) is 25.1. The molecule has 1 fully saturated rings. The van der Waals surface area contributed by atoms with Crippen LogP contribution in [0, 0.1) is 5.92 Å². The third-order valence-corrected chi connectivity index (χ3v) is 3.88. The number of hydrogen-bond donors (Lipinski definition) is 1. The largest absolute Gasteiger partial charge is 0.492 e. The molecular weight excluding hydrogens is 274 g/mol. The molecule has 1 amide bonds. The fourth-order valence-electron chi connectivity index (χ4n) is 2.74. The molecule has 0 aromatic heterocycles. The number of ether oxygens (including phenoxy) is 2. The minimum atomic E-state index is -1.03. The summed E-state index contributed by atoms with van der Waals surface area (Å²) in [6.45, 7) is 1.13. The Hall–Kier alpha value is -2.08. The van der Waals surface area contributed by atoms with Crippen molar-refractivity contribution in [3.8, 4) is 5.75 Å². The smallest absolute Gasteiger partial charge is 0.334 e. The Bertz CT molecular complexity index is 559. The van der Waals surface area contributed by atoms with Crippen LogP contribution in [0.4, 0.5) is 0 Å². The number of hydrogen-bond acceptors (Lipinski definition) is 4. The Morgan fingerprint density at radius 3 is 2.90 bits per heavy atom. The monoisotopic (exact) mass is 291 g/mol. The predicted molar refractivity (Wildman–Crippen MR) is 73.1 cm³/mol. The molecule has 6 heteroatoms. The first-order chi connectivity index (χ1) is 10.1. The lowest BCUT2D eigenvalue weighted by Crippen LogP contribution is -2.51. The number of carbonyl (C=O) groups excluding carboxylic acids is 1. The van der Waals surface area contributed by atoms with Crippen LogP contribution >= 0.6 is 0 Å². The average molecular weight is 291 g/mol. The van der Waals surface area contributed by atoms with Gasteiger partial charge in [0.1, 0.15) is 12.4 Å². The third kappa shape index (κ3) is 2.85. The van der Waals surface area contributed by atoms with E-state index in [0.717, 1.165) is 11.3 Å². The van der Waals surface area contributed by atoms with Crippen LogP contribution in [0.25, 0.3) is 0 Å². The van der Waals surface area contributed by atoms with Crippen LogP contribution in [-0.2, 0) is 20.7 Å². The summed E-state index contributed by atoms with van der Waals surface area (Å²) in [5, 5.41) is 8.99. The van der Waals surface area contributed by atoms with Crippen LogP contribution in [0.2, 0.25) is 0 Å². The molecule has 0 saturated carbocycles. The summed E-state index contributed by atoms with van der Waals surface area (Å²) in [5.41, 5.74) is 1.02. The van der Waals surface area contributed by atoms with E-state index in [4.69, 9.17) is 14.6 Å². The van der Waals surface area contributed by atoms with Gasteiger partial charge in [-0.2, -0.15) is 0 Å². The van der Waals surface area contributed by atoms with E-state index in [1.165, 1.54) is 0 Å². The molecule has 1 aromatic carbocycles. The first kappa shape index (κ1) is 13.9. The average Bonchev–Trinajstić information content (AvgIpc) is 2.53. The molecule has 0 bridgehead atoms. The second-order valence-electron chi connectivity index (χ2n) is 5.30. The molecule has 0 aliphatic carbocycles. The van der Waals surface area contributed by atoms with E-state index < -0.39 is 12.1 Å². The second-order valence-corrected chi connectivity index (χ2v) is 5.30. The van der Waals surface area contributed by atoms with Gasteiger partial charge in [-0.05, 0) is 18.1 Å². The van der Waals surface area contributed by atoms with Crippen molar-refractivity contribution in [1.29, 1.82) is 0 Å². The summed E-state index contributed by atoms with van der Waals surface area (Å²) in [6.07, 6.45) is -0.302. The van der Waals surface area contributed by atoms with Crippen LogP contribution in [-0.4, -0.2) is 54.3 Å². The summed E-state index contributed by atoms with van der Waals surface area (Å²) < 4.78 is 10.8. The van der Waals surface area contributed by atoms with Crippen LogP contribution in [0.5, 0.6) is 5.75 Å². The molecule has 1 aromatic rings. The Morgan fingerprint density at radius 2 is 2.10 bits per heavy atom. The van der Waals surface area contributed by atoms with Gasteiger partial charge >= 0.3 is 5.97 Å². The molecule has 2 unspecified atom stereocenters. The number of carbonyl (C=O) groups is 2. The molecule has 2 aliphatic rings. The normalized spacial score (nSPS) is 24.9. The summed E-state index contributed by atoms with van der Waals surface area (Å²) in [5.74, 6) is -0.517. The van der Waals surface area contributed by atoms with Gasteiger partial charge in [-0.15, -0.1) is 0 Å². The second kappa shape index (κ2) is 5.73. The van der Waals surface area contributed by atoms with Crippen LogP contribution in [0.1, 0.15) is 5.56 Å². The number of rotatable bonds is 2. The molecule has 2 atom stereocenters. The minimum absolute atomic E-state index is 0.0564. The van der Waals surface area contributed by atoms with E-state index in [1.807, 2.05) is 24.3 Å². The lowest BCUT2D eigenvalue weighted by molar-refractivity contribution is -0.160. The Balaban J connectivity index is 1.67. The first-order valence-corrected chi connectivity index (χ1v) is 6.99. The molecule has 1 saturated heterocycles. The molecule has 0 spiro atoms. The van der Waals surface area contributed by atoms with Gasteiger partial charge in [0, 0.05) is 6.54 Å². The van der Waals surface area contributed by atoms with Gasteiger partial charge in [-0.3, -0.25) is 4.79 Å². The van der Waals surface area contributed by atoms with Crippen molar-refractivity contribution < 1.29 is 24.2 Å². The number of aliphatic carboxylic acids is 1. The van der Waals surface area contributed by atoms with Crippen molar-refractivity contribution in [2.75, 3.05) is 26.3 Å². The highest BCUT2D eigenvalue weighted by molar-refractivity contribution is 5.81. The minimum Gasteiger partial charge on any atom is -0.492 e. The number of para-hydroxylation sites is 1. The third-order valence-electron chi connectivity index (χ3n) is 3.88. The number of nitrogens with zero attached hydrogens (tertiary/aromatic N) is 1. The van der Waals surface area contributed by atoms with Crippen LogP contribution in [0.15, 0.2) is 24.3 Å². The van der Waals surface area contributed by atoms with Crippen molar-refractivity contribution in [2.45, 2.75) is 12.5 Å². The van der Waals surface area contributed by atoms with E-state index in [-0.39, 0.29) is 25.0 Å². The molecule has 6 nitrogen and oxygen atoms in total. The zero-order chi connectivity index (χ0) is 14.8. The SMILES string of the molecule is O=C(O)C1CN(C(=O)C2COc3ccccc3C2)CCO1. The summed E-state index contributed by atoms with van der Waals surface area (Å²) in [6, 6.07) is 7.67. The van der Waals surface area contributed by atoms with Gasteiger partial charge in [0.25, 0.3) is 0 Å². The zero-order valence-electron chi connectivity index (χ0n) is 11.5.